The maximum atomic E-state index is 12.9. The minimum atomic E-state index is -0.0331. The summed E-state index contributed by atoms with van der Waals surface area (Å²) in [6.07, 6.45) is 3.33. The van der Waals surface area contributed by atoms with Crippen molar-refractivity contribution >= 4 is 16.9 Å². The molecular weight excluding hydrogens is 288 g/mol. The summed E-state index contributed by atoms with van der Waals surface area (Å²) in [7, 11) is 1.91. The monoisotopic (exact) mass is 312 g/mol. The third-order valence-corrected chi connectivity index (χ3v) is 5.87. The highest BCUT2D eigenvalue weighted by Gasteiger charge is 2.58. The molecule has 1 aliphatic heterocycles. The number of nitrogens with zero attached hydrogens (tertiary/aromatic N) is 1. The number of hydrogen-bond acceptors (Lipinski definition) is 3. The van der Waals surface area contributed by atoms with Crippen molar-refractivity contribution in [2.75, 3.05) is 20.1 Å². The molecule has 1 aliphatic carbocycles. The minimum absolute atomic E-state index is 0.0331. The molecule has 4 nitrogen and oxygen atoms in total. The number of carbonyl (C=O) groups is 1. The Balaban J connectivity index is 1.49. The van der Waals surface area contributed by atoms with E-state index in [1.54, 1.807) is 0 Å². The fourth-order valence-electron chi connectivity index (χ4n) is 4.01. The predicted molar refractivity (Wildman–Crippen MR) is 90.0 cm³/mol. The summed E-state index contributed by atoms with van der Waals surface area (Å²) in [5, 5.41) is 4.49. The zero-order chi connectivity index (χ0) is 16.0. The molecular formula is C19H24N2O2. The topological polar surface area (TPSA) is 45.5 Å². The molecule has 122 valence electrons. The van der Waals surface area contributed by atoms with E-state index in [-0.39, 0.29) is 23.3 Å². The Morgan fingerprint density at radius 2 is 2.09 bits per heavy atom. The van der Waals surface area contributed by atoms with Crippen molar-refractivity contribution in [3.63, 3.8) is 0 Å². The van der Waals surface area contributed by atoms with Gasteiger partial charge in [0.15, 0.2) is 0 Å². The van der Waals surface area contributed by atoms with Gasteiger partial charge < -0.3 is 14.6 Å². The van der Waals surface area contributed by atoms with Crippen LogP contribution in [-0.4, -0.2) is 30.9 Å². The van der Waals surface area contributed by atoms with Gasteiger partial charge >= 0.3 is 0 Å². The predicted octanol–water partition coefficient (Wildman–Crippen LogP) is 3.34. The molecule has 2 unspecified atom stereocenters. The van der Waals surface area contributed by atoms with Gasteiger partial charge in [-0.15, -0.1) is 0 Å². The molecule has 1 N–H and O–H groups in total. The molecule has 1 spiro atoms. The first-order chi connectivity index (χ1) is 11.1. The van der Waals surface area contributed by atoms with E-state index in [2.05, 4.69) is 11.4 Å². The van der Waals surface area contributed by atoms with Crippen LogP contribution in [0.5, 0.6) is 0 Å². The average Bonchev–Trinajstić information content (AvgIpc) is 3.08. The van der Waals surface area contributed by atoms with E-state index in [9.17, 15) is 4.79 Å². The smallest absolute Gasteiger partial charge is 0.226 e. The van der Waals surface area contributed by atoms with E-state index in [1.807, 2.05) is 43.1 Å². The summed E-state index contributed by atoms with van der Waals surface area (Å²) in [4.78, 5) is 14.7. The molecule has 0 bridgehead atoms. The van der Waals surface area contributed by atoms with Crippen LogP contribution in [0.15, 0.2) is 34.7 Å². The molecule has 2 aliphatic rings. The number of para-hydroxylation sites is 1. The highest BCUT2D eigenvalue weighted by Crippen LogP contribution is 2.59. The molecule has 4 heteroatoms. The van der Waals surface area contributed by atoms with Crippen molar-refractivity contribution < 1.29 is 9.21 Å². The maximum absolute atomic E-state index is 12.9. The Kier molecular flexibility index (Phi) is 3.45. The second kappa shape index (κ2) is 5.38. The molecule has 2 heterocycles. The molecule has 2 fully saturated rings. The Morgan fingerprint density at radius 1 is 1.35 bits per heavy atom. The van der Waals surface area contributed by atoms with Gasteiger partial charge in [0.1, 0.15) is 11.3 Å². The number of piperidine rings is 1. The van der Waals surface area contributed by atoms with Gasteiger partial charge in [0.2, 0.25) is 5.91 Å². The Hall–Kier alpha value is -1.81. The summed E-state index contributed by atoms with van der Waals surface area (Å²) in [5.41, 5.74) is 1.17. The van der Waals surface area contributed by atoms with Crippen LogP contribution in [0.1, 0.15) is 38.0 Å². The molecule has 1 aromatic heterocycles. The lowest BCUT2D eigenvalue weighted by Gasteiger charge is -2.27. The van der Waals surface area contributed by atoms with Crippen LogP contribution in [0.25, 0.3) is 11.0 Å². The van der Waals surface area contributed by atoms with E-state index in [0.29, 0.717) is 0 Å². The fraction of sp³-hybridized carbons (Fsp3) is 0.526. The zero-order valence-electron chi connectivity index (χ0n) is 13.8. The summed E-state index contributed by atoms with van der Waals surface area (Å²) in [6.45, 7) is 4.15. The van der Waals surface area contributed by atoms with Gasteiger partial charge in [0.05, 0.1) is 6.04 Å². The lowest BCUT2D eigenvalue weighted by Crippen LogP contribution is -2.35. The van der Waals surface area contributed by atoms with Crippen LogP contribution >= 0.6 is 0 Å². The Bertz CT molecular complexity index is 697. The van der Waals surface area contributed by atoms with E-state index >= 15 is 0 Å². The SMILES string of the molecule is CC(c1cc2ccccc2o1)N(C)C(=O)C1CC12CCNCC2. The third kappa shape index (κ3) is 2.45. The molecule has 1 aromatic carbocycles. The summed E-state index contributed by atoms with van der Waals surface area (Å²) >= 11 is 0. The number of amides is 1. The average molecular weight is 312 g/mol. The van der Waals surface area contributed by atoms with E-state index in [1.165, 1.54) is 0 Å². The van der Waals surface area contributed by atoms with Crippen molar-refractivity contribution in [1.29, 1.82) is 0 Å². The highest BCUT2D eigenvalue weighted by atomic mass is 16.3. The third-order valence-electron chi connectivity index (χ3n) is 5.87. The van der Waals surface area contributed by atoms with Gasteiger partial charge in [-0.2, -0.15) is 0 Å². The number of hydrogen-bond donors (Lipinski definition) is 1. The number of carbonyl (C=O) groups excluding carboxylic acids is 1. The first kappa shape index (κ1) is 14.8. The van der Waals surface area contributed by atoms with Crippen LogP contribution in [-0.2, 0) is 4.79 Å². The second-order valence-corrected chi connectivity index (χ2v) is 7.18. The quantitative estimate of drug-likeness (QED) is 0.945. The minimum Gasteiger partial charge on any atom is -0.459 e. The van der Waals surface area contributed by atoms with Crippen LogP contribution < -0.4 is 5.32 Å². The number of nitrogens with one attached hydrogen (secondary N) is 1. The molecule has 2 atom stereocenters. The Morgan fingerprint density at radius 3 is 2.83 bits per heavy atom. The Labute approximate surface area is 136 Å². The van der Waals surface area contributed by atoms with Crippen molar-refractivity contribution in [2.45, 2.75) is 32.2 Å². The standard InChI is InChI=1S/C19H24N2O2/c1-13(17-11-14-5-3-4-6-16(14)23-17)21(2)18(22)15-12-19(15)7-9-20-10-8-19/h3-6,11,13,15,20H,7-10,12H2,1-2H3. The van der Waals surface area contributed by atoms with Crippen molar-refractivity contribution in [3.8, 4) is 0 Å². The fourth-order valence-corrected chi connectivity index (χ4v) is 4.01. The molecule has 0 radical (unpaired) electrons. The highest BCUT2D eigenvalue weighted by molar-refractivity contribution is 5.83. The molecule has 2 aromatic rings. The van der Waals surface area contributed by atoms with Gasteiger partial charge in [0, 0.05) is 18.4 Å². The van der Waals surface area contributed by atoms with E-state index < -0.39 is 0 Å². The van der Waals surface area contributed by atoms with Crippen molar-refractivity contribution in [1.82, 2.24) is 10.2 Å². The number of rotatable bonds is 3. The van der Waals surface area contributed by atoms with Gasteiger partial charge in [-0.05, 0) is 56.8 Å². The zero-order valence-corrected chi connectivity index (χ0v) is 13.8. The number of furan rings is 1. The largest absolute Gasteiger partial charge is 0.459 e. The lowest BCUT2D eigenvalue weighted by molar-refractivity contribution is -0.134. The van der Waals surface area contributed by atoms with Crippen molar-refractivity contribution in [2.24, 2.45) is 11.3 Å². The summed E-state index contributed by atoms with van der Waals surface area (Å²) < 4.78 is 5.93. The van der Waals surface area contributed by atoms with Gasteiger partial charge in [-0.25, -0.2) is 0 Å². The first-order valence-corrected chi connectivity index (χ1v) is 8.57. The van der Waals surface area contributed by atoms with Gasteiger partial charge in [-0.1, -0.05) is 18.2 Å². The number of fused-ring (bicyclic) bond motifs is 1. The van der Waals surface area contributed by atoms with Gasteiger partial charge in [0.25, 0.3) is 0 Å². The van der Waals surface area contributed by atoms with Gasteiger partial charge in [-0.3, -0.25) is 4.79 Å². The maximum Gasteiger partial charge on any atom is 0.226 e. The van der Waals surface area contributed by atoms with E-state index in [4.69, 9.17) is 4.42 Å². The van der Waals surface area contributed by atoms with Crippen molar-refractivity contribution in [3.05, 3.63) is 36.1 Å². The van der Waals surface area contributed by atoms with Crippen LogP contribution in [0, 0.1) is 11.3 Å². The lowest BCUT2D eigenvalue weighted by atomic mass is 9.91. The van der Waals surface area contributed by atoms with Crippen LogP contribution in [0.2, 0.25) is 0 Å². The van der Waals surface area contributed by atoms with Crippen LogP contribution in [0.4, 0.5) is 0 Å². The molecule has 23 heavy (non-hydrogen) atoms. The molecule has 4 rings (SSSR count). The molecule has 1 saturated carbocycles. The van der Waals surface area contributed by atoms with E-state index in [0.717, 1.165) is 49.1 Å². The van der Waals surface area contributed by atoms with Crippen LogP contribution in [0.3, 0.4) is 0 Å². The normalized spacial score (nSPS) is 23.8. The first-order valence-electron chi connectivity index (χ1n) is 8.57. The molecule has 1 saturated heterocycles. The summed E-state index contributed by atoms with van der Waals surface area (Å²) in [5.74, 6) is 1.35. The molecule has 1 amide bonds. The summed E-state index contributed by atoms with van der Waals surface area (Å²) in [6, 6.07) is 10.0. The second-order valence-electron chi connectivity index (χ2n) is 7.18. The number of benzene rings is 1.